The van der Waals surface area contributed by atoms with Crippen molar-refractivity contribution >= 4 is 64.0 Å². The maximum absolute atomic E-state index is 7.00. The molecule has 1 unspecified atom stereocenters. The Morgan fingerprint density at radius 2 is 1.82 bits per heavy atom. The minimum atomic E-state index is 0.381. The molecular weight excluding hydrogens is 516 g/mol. The largest absolute Gasteiger partial charge is 0.492 e. The molecule has 2 N–H and O–H groups in total. The molecule has 0 spiro atoms. The number of ether oxygens (including phenoxy) is 1. The predicted octanol–water partition coefficient (Wildman–Crippen LogP) is 5.94. The van der Waals surface area contributed by atoms with Gasteiger partial charge in [-0.1, -0.05) is 20.8 Å². The van der Waals surface area contributed by atoms with E-state index in [9.17, 15) is 0 Å². The standard InChI is InChI=1S/C25H32N6OS2.C2H6.CH4O/c1-17(33-4)15-32-22-14-19(31-10-8-30(3)9-11-31)13-21-24(22)25(28-16-27-21)29-18-6-7-20(26-2)23(12-18)34-5;2*1-2/h6-7,12-14,16-17H,2,8-11,15H2,1,3-5H3,(H,27,28,29);1-2H3;2H,1H3. The van der Waals surface area contributed by atoms with Gasteiger partial charge in [0.15, 0.2) is 0 Å². The highest BCUT2D eigenvalue weighted by atomic mass is 32.2. The monoisotopic (exact) mass is 558 g/mol. The molecule has 0 radical (unpaired) electrons. The molecule has 2 heterocycles. The first kappa shape index (κ1) is 31.7. The molecule has 1 saturated heterocycles. The quantitative estimate of drug-likeness (QED) is 0.245. The Balaban J connectivity index is 0.00000121. The van der Waals surface area contributed by atoms with Gasteiger partial charge in [-0.25, -0.2) is 9.97 Å². The number of benzene rings is 2. The molecule has 10 heteroatoms. The molecular formula is C28H42N6O2S2. The fraction of sp³-hybridized carbons (Fsp3) is 0.464. The van der Waals surface area contributed by atoms with Gasteiger partial charge in [-0.2, -0.15) is 11.8 Å². The van der Waals surface area contributed by atoms with Crippen molar-refractivity contribution in [3.05, 3.63) is 36.7 Å². The third kappa shape index (κ3) is 8.23. The molecule has 1 aliphatic rings. The highest BCUT2D eigenvalue weighted by molar-refractivity contribution is 7.99. The van der Waals surface area contributed by atoms with Crippen LogP contribution in [0.4, 0.5) is 22.9 Å². The van der Waals surface area contributed by atoms with Gasteiger partial charge in [0, 0.05) is 60.9 Å². The Bertz CT molecular complexity index is 1160. The van der Waals surface area contributed by atoms with Crippen molar-refractivity contribution in [2.24, 2.45) is 4.99 Å². The van der Waals surface area contributed by atoms with Crippen molar-refractivity contribution < 1.29 is 9.84 Å². The smallest absolute Gasteiger partial charge is 0.145 e. The molecule has 1 fully saturated rings. The molecule has 208 valence electrons. The lowest BCUT2D eigenvalue weighted by atomic mass is 10.1. The summed E-state index contributed by atoms with van der Waals surface area (Å²) in [6, 6.07) is 10.3. The van der Waals surface area contributed by atoms with Gasteiger partial charge >= 0.3 is 0 Å². The van der Waals surface area contributed by atoms with Crippen LogP contribution in [0.15, 0.2) is 46.5 Å². The Labute approximate surface area is 236 Å². The van der Waals surface area contributed by atoms with E-state index in [2.05, 4.69) is 75.2 Å². The van der Waals surface area contributed by atoms with Gasteiger partial charge in [-0.3, -0.25) is 4.99 Å². The van der Waals surface area contributed by atoms with Crippen molar-refractivity contribution in [2.75, 3.05) is 69.7 Å². The maximum Gasteiger partial charge on any atom is 0.145 e. The van der Waals surface area contributed by atoms with Gasteiger partial charge in [-0.05, 0) is 50.5 Å². The fourth-order valence-electron chi connectivity index (χ4n) is 3.89. The van der Waals surface area contributed by atoms with E-state index in [-0.39, 0.29) is 0 Å². The van der Waals surface area contributed by atoms with Crippen molar-refractivity contribution in [3.8, 4) is 5.75 Å². The number of aliphatic imine (C=N–C) groups is 1. The zero-order chi connectivity index (χ0) is 28.1. The second-order valence-corrected chi connectivity index (χ2v) is 10.5. The Kier molecular flexibility index (Phi) is 13.7. The zero-order valence-corrected chi connectivity index (χ0v) is 25.3. The molecule has 0 amide bonds. The van der Waals surface area contributed by atoms with Gasteiger partial charge < -0.3 is 25.0 Å². The molecule has 3 aromatic rings. The van der Waals surface area contributed by atoms with Crippen LogP contribution in [0, 0.1) is 0 Å². The first-order valence-electron chi connectivity index (χ1n) is 12.8. The number of hydrogen-bond donors (Lipinski definition) is 2. The molecule has 2 aromatic carbocycles. The summed E-state index contributed by atoms with van der Waals surface area (Å²) in [5.41, 5.74) is 3.82. The van der Waals surface area contributed by atoms with E-state index in [4.69, 9.17) is 9.84 Å². The maximum atomic E-state index is 7.00. The number of piperazine rings is 1. The van der Waals surface area contributed by atoms with Crippen LogP contribution in [-0.2, 0) is 0 Å². The second kappa shape index (κ2) is 16.4. The van der Waals surface area contributed by atoms with E-state index in [1.165, 1.54) is 0 Å². The third-order valence-corrected chi connectivity index (χ3v) is 7.75. The van der Waals surface area contributed by atoms with Crippen LogP contribution in [0.25, 0.3) is 10.9 Å². The summed E-state index contributed by atoms with van der Waals surface area (Å²) in [4.78, 5) is 19.1. The van der Waals surface area contributed by atoms with Crippen LogP contribution in [-0.4, -0.2) is 91.4 Å². The van der Waals surface area contributed by atoms with Crippen LogP contribution >= 0.6 is 23.5 Å². The highest BCUT2D eigenvalue weighted by Gasteiger charge is 2.19. The number of aliphatic hydroxyl groups is 1. The lowest BCUT2D eigenvalue weighted by Gasteiger charge is -2.34. The number of hydrogen-bond acceptors (Lipinski definition) is 10. The minimum absolute atomic E-state index is 0.381. The molecule has 0 saturated carbocycles. The minimum Gasteiger partial charge on any atom is -0.492 e. The predicted molar refractivity (Wildman–Crippen MR) is 168 cm³/mol. The first-order valence-corrected chi connectivity index (χ1v) is 15.3. The summed E-state index contributed by atoms with van der Waals surface area (Å²) in [5.74, 6) is 1.54. The average Bonchev–Trinajstić information content (AvgIpc) is 2.98. The SMILES string of the molecule is C=Nc1ccc(Nc2ncnc3cc(N4CCN(C)CC4)cc(OCC(C)SC)c23)cc1SC.CC.CO. The molecule has 38 heavy (non-hydrogen) atoms. The number of thioether (sulfide) groups is 2. The highest BCUT2D eigenvalue weighted by Crippen LogP contribution is 2.37. The first-order chi connectivity index (χ1) is 18.5. The Morgan fingerprint density at radius 1 is 1.11 bits per heavy atom. The summed E-state index contributed by atoms with van der Waals surface area (Å²) in [5, 5.41) is 11.8. The number of anilines is 3. The van der Waals surface area contributed by atoms with E-state index in [1.54, 1.807) is 29.9 Å². The van der Waals surface area contributed by atoms with Gasteiger partial charge in [0.1, 0.15) is 17.9 Å². The Hall–Kier alpha value is -2.53. The van der Waals surface area contributed by atoms with E-state index in [0.29, 0.717) is 11.9 Å². The van der Waals surface area contributed by atoms with Gasteiger partial charge in [0.05, 0.1) is 23.2 Å². The van der Waals surface area contributed by atoms with Crippen molar-refractivity contribution in [2.45, 2.75) is 30.9 Å². The van der Waals surface area contributed by atoms with Gasteiger partial charge in [0.2, 0.25) is 0 Å². The number of rotatable bonds is 9. The number of aliphatic hydroxyl groups excluding tert-OH is 1. The Morgan fingerprint density at radius 3 is 2.45 bits per heavy atom. The zero-order valence-electron chi connectivity index (χ0n) is 23.7. The molecule has 1 atom stereocenters. The molecule has 8 nitrogen and oxygen atoms in total. The average molecular weight is 559 g/mol. The number of nitrogens with zero attached hydrogens (tertiary/aromatic N) is 5. The number of likely N-dealkylation sites (N-methyl/N-ethyl adjacent to an activating group) is 1. The summed E-state index contributed by atoms with van der Waals surface area (Å²) >= 11 is 3.43. The number of nitrogens with one attached hydrogen (secondary N) is 1. The van der Waals surface area contributed by atoms with Crippen LogP contribution < -0.4 is 15.0 Å². The lowest BCUT2D eigenvalue weighted by Crippen LogP contribution is -2.44. The molecule has 0 aliphatic carbocycles. The van der Waals surface area contributed by atoms with Crippen LogP contribution in [0.5, 0.6) is 5.75 Å². The lowest BCUT2D eigenvalue weighted by molar-refractivity contribution is 0.312. The third-order valence-electron chi connectivity index (χ3n) is 6.04. The van der Waals surface area contributed by atoms with E-state index in [1.807, 2.05) is 32.2 Å². The summed E-state index contributed by atoms with van der Waals surface area (Å²) in [6.07, 6.45) is 5.75. The summed E-state index contributed by atoms with van der Waals surface area (Å²) in [7, 11) is 3.17. The topological polar surface area (TPSA) is 86.1 Å². The molecule has 1 aliphatic heterocycles. The van der Waals surface area contributed by atoms with E-state index < -0.39 is 0 Å². The van der Waals surface area contributed by atoms with Crippen LogP contribution in [0.1, 0.15) is 20.8 Å². The number of aromatic nitrogens is 2. The van der Waals surface area contributed by atoms with E-state index in [0.717, 1.165) is 77.7 Å². The molecule has 4 rings (SSSR count). The van der Waals surface area contributed by atoms with Gasteiger partial charge in [0.25, 0.3) is 0 Å². The molecule has 0 bridgehead atoms. The van der Waals surface area contributed by atoms with Gasteiger partial charge in [-0.15, -0.1) is 11.8 Å². The van der Waals surface area contributed by atoms with Crippen molar-refractivity contribution in [1.29, 1.82) is 0 Å². The summed E-state index contributed by atoms with van der Waals surface area (Å²) in [6.45, 7) is 14.5. The number of fused-ring (bicyclic) bond motifs is 1. The summed E-state index contributed by atoms with van der Waals surface area (Å²) < 4.78 is 6.38. The normalized spacial score (nSPS) is 14.1. The van der Waals surface area contributed by atoms with Crippen LogP contribution in [0.2, 0.25) is 0 Å². The second-order valence-electron chi connectivity index (χ2n) is 8.38. The molecule has 1 aromatic heterocycles. The van der Waals surface area contributed by atoms with Crippen LogP contribution in [0.3, 0.4) is 0 Å². The fourth-order valence-corrected chi connectivity index (χ4v) is 4.68. The van der Waals surface area contributed by atoms with Crippen molar-refractivity contribution in [1.82, 2.24) is 14.9 Å². The van der Waals surface area contributed by atoms with Crippen molar-refractivity contribution in [3.63, 3.8) is 0 Å². The van der Waals surface area contributed by atoms with E-state index >= 15 is 0 Å².